The monoisotopic (exact) mass is 318 g/mol. The van der Waals surface area contributed by atoms with Crippen LogP contribution in [0.2, 0.25) is 0 Å². The normalized spacial score (nSPS) is 10.4. The fraction of sp³-hybridized carbons (Fsp3) is 0.105. The molecule has 0 spiro atoms. The average molecular weight is 318 g/mol. The SMILES string of the molecule is CN(C(=O)c1ccc(-c2ccccn2)nc1)c1ccc(CN)cc1. The lowest BCUT2D eigenvalue weighted by Crippen LogP contribution is -2.26. The summed E-state index contributed by atoms with van der Waals surface area (Å²) < 4.78 is 0. The third-order valence-electron chi connectivity index (χ3n) is 3.80. The Bertz CT molecular complexity index is 814. The van der Waals surface area contributed by atoms with Crippen molar-refractivity contribution in [3.63, 3.8) is 0 Å². The highest BCUT2D eigenvalue weighted by molar-refractivity contribution is 6.05. The molecule has 0 aliphatic heterocycles. The van der Waals surface area contributed by atoms with Gasteiger partial charge in [0.15, 0.2) is 0 Å². The second-order valence-corrected chi connectivity index (χ2v) is 5.38. The summed E-state index contributed by atoms with van der Waals surface area (Å²) in [6.45, 7) is 0.483. The van der Waals surface area contributed by atoms with Gasteiger partial charge >= 0.3 is 0 Å². The molecule has 0 saturated carbocycles. The molecular formula is C19H18N4O. The average Bonchev–Trinajstić information content (AvgIpc) is 2.68. The Morgan fingerprint density at radius 1 is 1.00 bits per heavy atom. The smallest absolute Gasteiger partial charge is 0.259 e. The van der Waals surface area contributed by atoms with Gasteiger partial charge in [-0.15, -0.1) is 0 Å². The molecule has 5 nitrogen and oxygen atoms in total. The molecule has 5 heteroatoms. The molecule has 3 aromatic rings. The molecule has 3 rings (SSSR count). The second-order valence-electron chi connectivity index (χ2n) is 5.38. The molecule has 0 fully saturated rings. The van der Waals surface area contributed by atoms with E-state index in [1.165, 1.54) is 0 Å². The number of pyridine rings is 2. The van der Waals surface area contributed by atoms with Crippen molar-refractivity contribution in [2.24, 2.45) is 5.73 Å². The van der Waals surface area contributed by atoms with Crippen LogP contribution in [0.1, 0.15) is 15.9 Å². The number of rotatable bonds is 4. The van der Waals surface area contributed by atoms with Crippen molar-refractivity contribution in [3.8, 4) is 11.4 Å². The van der Waals surface area contributed by atoms with Gasteiger partial charge in [-0.3, -0.25) is 14.8 Å². The maximum absolute atomic E-state index is 12.6. The second kappa shape index (κ2) is 7.02. The van der Waals surface area contributed by atoms with Crippen molar-refractivity contribution < 1.29 is 4.79 Å². The first-order valence-corrected chi connectivity index (χ1v) is 7.63. The third kappa shape index (κ3) is 3.31. The zero-order valence-electron chi connectivity index (χ0n) is 13.4. The Morgan fingerprint density at radius 3 is 2.33 bits per heavy atom. The number of amides is 1. The van der Waals surface area contributed by atoms with Crippen molar-refractivity contribution >= 4 is 11.6 Å². The summed E-state index contributed by atoms with van der Waals surface area (Å²) in [6, 6.07) is 16.8. The number of benzene rings is 1. The van der Waals surface area contributed by atoms with Gasteiger partial charge in [-0.25, -0.2) is 0 Å². The number of anilines is 1. The van der Waals surface area contributed by atoms with Crippen LogP contribution in [-0.4, -0.2) is 22.9 Å². The van der Waals surface area contributed by atoms with Crippen LogP contribution in [0.4, 0.5) is 5.69 Å². The lowest BCUT2D eigenvalue weighted by Gasteiger charge is -2.17. The van der Waals surface area contributed by atoms with Crippen LogP contribution in [0.15, 0.2) is 67.0 Å². The topological polar surface area (TPSA) is 72.1 Å². The predicted molar refractivity (Wildman–Crippen MR) is 94.5 cm³/mol. The van der Waals surface area contributed by atoms with E-state index in [2.05, 4.69) is 9.97 Å². The van der Waals surface area contributed by atoms with Gasteiger partial charge in [0.25, 0.3) is 5.91 Å². The van der Waals surface area contributed by atoms with Crippen molar-refractivity contribution in [2.45, 2.75) is 6.54 Å². The summed E-state index contributed by atoms with van der Waals surface area (Å²) in [5.74, 6) is -0.115. The molecule has 2 heterocycles. The molecule has 2 N–H and O–H groups in total. The molecule has 0 radical (unpaired) electrons. The summed E-state index contributed by atoms with van der Waals surface area (Å²) in [6.07, 6.45) is 3.30. The van der Waals surface area contributed by atoms with E-state index >= 15 is 0 Å². The maximum Gasteiger partial charge on any atom is 0.259 e. The number of aromatic nitrogens is 2. The van der Waals surface area contributed by atoms with Gasteiger partial charge in [0.1, 0.15) is 0 Å². The van der Waals surface area contributed by atoms with Gasteiger partial charge in [0.05, 0.1) is 17.0 Å². The van der Waals surface area contributed by atoms with Crippen LogP contribution in [0.25, 0.3) is 11.4 Å². The Morgan fingerprint density at radius 2 is 1.75 bits per heavy atom. The van der Waals surface area contributed by atoms with E-state index in [0.29, 0.717) is 12.1 Å². The zero-order chi connectivity index (χ0) is 16.9. The van der Waals surface area contributed by atoms with Gasteiger partial charge in [0.2, 0.25) is 0 Å². The molecule has 120 valence electrons. The molecule has 24 heavy (non-hydrogen) atoms. The molecule has 0 aliphatic carbocycles. The van der Waals surface area contributed by atoms with Crippen LogP contribution in [0.3, 0.4) is 0 Å². The third-order valence-corrected chi connectivity index (χ3v) is 3.80. The Labute approximate surface area is 140 Å². The van der Waals surface area contributed by atoms with Gasteiger partial charge in [-0.05, 0) is 42.0 Å². The molecular weight excluding hydrogens is 300 g/mol. The van der Waals surface area contributed by atoms with Gasteiger partial charge in [-0.1, -0.05) is 18.2 Å². The van der Waals surface area contributed by atoms with Gasteiger partial charge in [0, 0.05) is 31.7 Å². The lowest BCUT2D eigenvalue weighted by molar-refractivity contribution is 0.0992. The first-order valence-electron chi connectivity index (χ1n) is 7.63. The number of hydrogen-bond acceptors (Lipinski definition) is 4. The first-order chi connectivity index (χ1) is 11.7. The van der Waals surface area contributed by atoms with Crippen LogP contribution in [-0.2, 0) is 6.54 Å². The molecule has 2 aromatic heterocycles. The van der Waals surface area contributed by atoms with Crippen LogP contribution in [0, 0.1) is 0 Å². The summed E-state index contributed by atoms with van der Waals surface area (Å²) in [4.78, 5) is 22.8. The van der Waals surface area contributed by atoms with Crippen LogP contribution in [0.5, 0.6) is 0 Å². The van der Waals surface area contributed by atoms with Crippen molar-refractivity contribution in [3.05, 3.63) is 78.1 Å². The number of nitrogens with zero attached hydrogens (tertiary/aromatic N) is 3. The van der Waals surface area contributed by atoms with Crippen molar-refractivity contribution in [2.75, 3.05) is 11.9 Å². The minimum Gasteiger partial charge on any atom is -0.326 e. The molecule has 0 atom stereocenters. The molecule has 0 saturated heterocycles. The Kier molecular flexibility index (Phi) is 4.63. The van der Waals surface area contributed by atoms with E-state index in [0.717, 1.165) is 22.6 Å². The lowest BCUT2D eigenvalue weighted by atomic mass is 10.1. The Hall–Kier alpha value is -3.05. The number of nitrogens with two attached hydrogens (primary N) is 1. The highest BCUT2D eigenvalue weighted by atomic mass is 16.2. The van der Waals surface area contributed by atoms with E-state index in [1.54, 1.807) is 36.5 Å². The molecule has 0 bridgehead atoms. The van der Waals surface area contributed by atoms with Crippen LogP contribution >= 0.6 is 0 Å². The maximum atomic E-state index is 12.6. The zero-order valence-corrected chi connectivity index (χ0v) is 13.4. The van der Waals surface area contributed by atoms with E-state index in [1.807, 2.05) is 42.5 Å². The van der Waals surface area contributed by atoms with E-state index in [9.17, 15) is 4.79 Å². The standard InChI is InChI=1S/C19H18N4O/c1-23(16-8-5-14(12-20)6-9-16)19(24)15-7-10-18(22-13-15)17-4-2-3-11-21-17/h2-11,13H,12,20H2,1H3. The summed E-state index contributed by atoms with van der Waals surface area (Å²) in [5, 5.41) is 0. The van der Waals surface area contributed by atoms with E-state index in [-0.39, 0.29) is 5.91 Å². The van der Waals surface area contributed by atoms with Crippen molar-refractivity contribution in [1.29, 1.82) is 0 Å². The Balaban J connectivity index is 1.79. The van der Waals surface area contributed by atoms with Crippen LogP contribution < -0.4 is 10.6 Å². The minimum absolute atomic E-state index is 0.115. The highest BCUT2D eigenvalue weighted by Gasteiger charge is 2.14. The summed E-state index contributed by atoms with van der Waals surface area (Å²) in [5.41, 5.74) is 9.48. The number of hydrogen-bond donors (Lipinski definition) is 1. The van der Waals surface area contributed by atoms with E-state index < -0.39 is 0 Å². The largest absolute Gasteiger partial charge is 0.326 e. The molecule has 1 aromatic carbocycles. The molecule has 0 aliphatic rings. The van der Waals surface area contributed by atoms with Crippen molar-refractivity contribution in [1.82, 2.24) is 9.97 Å². The molecule has 0 unspecified atom stereocenters. The van der Waals surface area contributed by atoms with E-state index in [4.69, 9.17) is 5.73 Å². The fourth-order valence-electron chi connectivity index (χ4n) is 2.35. The minimum atomic E-state index is -0.115. The first kappa shape index (κ1) is 15.8. The van der Waals surface area contributed by atoms with Gasteiger partial charge in [-0.2, -0.15) is 0 Å². The number of carbonyl (C=O) groups is 1. The quantitative estimate of drug-likeness (QED) is 0.803. The van der Waals surface area contributed by atoms with Gasteiger partial charge < -0.3 is 10.6 Å². The highest BCUT2D eigenvalue weighted by Crippen LogP contribution is 2.18. The fourth-order valence-corrected chi connectivity index (χ4v) is 2.35. The summed E-state index contributed by atoms with van der Waals surface area (Å²) >= 11 is 0. The number of carbonyl (C=O) groups excluding carboxylic acids is 1. The predicted octanol–water partition coefficient (Wildman–Crippen LogP) is 2.88. The molecule has 1 amide bonds. The summed E-state index contributed by atoms with van der Waals surface area (Å²) in [7, 11) is 1.74.